The second-order valence-electron chi connectivity index (χ2n) is 3.79. The summed E-state index contributed by atoms with van der Waals surface area (Å²) in [6.07, 6.45) is 3.73. The topological polar surface area (TPSA) is 40.5 Å². The highest BCUT2D eigenvalue weighted by Crippen LogP contribution is 2.13. The van der Waals surface area contributed by atoms with Gasteiger partial charge in [0.1, 0.15) is 0 Å². The van der Waals surface area contributed by atoms with E-state index in [0.29, 0.717) is 5.56 Å². The average molecular weight is 225 g/mol. The summed E-state index contributed by atoms with van der Waals surface area (Å²) in [7, 11) is 5.02. The molecule has 1 unspecified atom stereocenters. The van der Waals surface area contributed by atoms with Crippen LogP contribution < -0.4 is 0 Å². The van der Waals surface area contributed by atoms with E-state index < -0.39 is 0 Å². The fraction of sp³-hybridized carbons (Fsp3) is 0.583. The van der Waals surface area contributed by atoms with Crippen LogP contribution in [-0.2, 0) is 22.9 Å². The molecule has 16 heavy (non-hydrogen) atoms. The van der Waals surface area contributed by atoms with Gasteiger partial charge in [0, 0.05) is 32.5 Å². The van der Waals surface area contributed by atoms with Gasteiger partial charge in [-0.25, -0.2) is 4.79 Å². The fourth-order valence-electron chi connectivity index (χ4n) is 1.67. The number of aryl methyl sites for hydroxylation is 1. The Morgan fingerprint density at radius 1 is 1.50 bits per heavy atom. The quantitative estimate of drug-likeness (QED) is 0.717. The molecule has 4 nitrogen and oxygen atoms in total. The second-order valence-corrected chi connectivity index (χ2v) is 3.79. The van der Waals surface area contributed by atoms with Crippen LogP contribution in [-0.4, -0.2) is 30.9 Å². The SMILES string of the molecule is CCC(Cc1cc(C(=O)OC)cn1C)OC. The highest BCUT2D eigenvalue weighted by molar-refractivity contribution is 5.89. The van der Waals surface area contributed by atoms with Crippen LogP contribution >= 0.6 is 0 Å². The van der Waals surface area contributed by atoms with Crippen molar-refractivity contribution < 1.29 is 14.3 Å². The molecule has 1 heterocycles. The molecule has 0 N–H and O–H groups in total. The van der Waals surface area contributed by atoms with Crippen molar-refractivity contribution in [3.63, 3.8) is 0 Å². The van der Waals surface area contributed by atoms with Crippen molar-refractivity contribution in [2.75, 3.05) is 14.2 Å². The average Bonchev–Trinajstić information content (AvgIpc) is 2.66. The third-order valence-electron chi connectivity index (χ3n) is 2.75. The minimum Gasteiger partial charge on any atom is -0.465 e. The van der Waals surface area contributed by atoms with E-state index in [-0.39, 0.29) is 12.1 Å². The van der Waals surface area contributed by atoms with Gasteiger partial charge in [0.05, 0.1) is 18.8 Å². The van der Waals surface area contributed by atoms with Crippen LogP contribution in [0.3, 0.4) is 0 Å². The lowest BCUT2D eigenvalue weighted by molar-refractivity contribution is 0.0600. The molecular weight excluding hydrogens is 206 g/mol. The molecule has 0 bridgehead atoms. The molecule has 90 valence electrons. The molecule has 4 heteroatoms. The Labute approximate surface area is 96.2 Å². The lowest BCUT2D eigenvalue weighted by Gasteiger charge is -2.12. The predicted molar refractivity (Wildman–Crippen MR) is 61.5 cm³/mol. The summed E-state index contributed by atoms with van der Waals surface area (Å²) in [5.41, 5.74) is 1.67. The molecule has 0 amide bonds. The number of carbonyl (C=O) groups is 1. The first-order valence-corrected chi connectivity index (χ1v) is 5.38. The van der Waals surface area contributed by atoms with E-state index in [2.05, 4.69) is 11.7 Å². The highest BCUT2D eigenvalue weighted by Gasteiger charge is 2.13. The van der Waals surface area contributed by atoms with Crippen molar-refractivity contribution in [1.82, 2.24) is 4.57 Å². The third-order valence-corrected chi connectivity index (χ3v) is 2.75. The summed E-state index contributed by atoms with van der Waals surface area (Å²) < 4.78 is 11.9. The maximum atomic E-state index is 11.3. The Kier molecular flexibility index (Phi) is 4.55. The van der Waals surface area contributed by atoms with Crippen LogP contribution in [0.2, 0.25) is 0 Å². The lowest BCUT2D eigenvalue weighted by atomic mass is 10.1. The number of hydrogen-bond donors (Lipinski definition) is 0. The number of rotatable bonds is 5. The summed E-state index contributed by atoms with van der Waals surface area (Å²) in [5.74, 6) is -0.299. The molecule has 0 spiro atoms. The number of aromatic nitrogens is 1. The molecular formula is C12H19NO3. The first-order valence-electron chi connectivity index (χ1n) is 5.38. The van der Waals surface area contributed by atoms with Crippen LogP contribution in [0.4, 0.5) is 0 Å². The molecule has 1 aromatic heterocycles. The third kappa shape index (κ3) is 2.85. The molecule has 0 aromatic carbocycles. The van der Waals surface area contributed by atoms with E-state index in [1.54, 1.807) is 13.3 Å². The maximum absolute atomic E-state index is 11.3. The van der Waals surface area contributed by atoms with Crippen molar-refractivity contribution in [3.05, 3.63) is 23.5 Å². The van der Waals surface area contributed by atoms with Gasteiger partial charge in [-0.3, -0.25) is 0 Å². The van der Waals surface area contributed by atoms with Crippen molar-refractivity contribution in [2.45, 2.75) is 25.9 Å². The summed E-state index contributed by atoms with van der Waals surface area (Å²) >= 11 is 0. The number of esters is 1. The van der Waals surface area contributed by atoms with Crippen LogP contribution in [0.15, 0.2) is 12.3 Å². The zero-order valence-electron chi connectivity index (χ0n) is 10.3. The van der Waals surface area contributed by atoms with Crippen LogP contribution in [0.5, 0.6) is 0 Å². The Hall–Kier alpha value is -1.29. The van der Waals surface area contributed by atoms with Crippen molar-refractivity contribution in [3.8, 4) is 0 Å². The van der Waals surface area contributed by atoms with Gasteiger partial charge in [-0.1, -0.05) is 6.92 Å². The molecule has 1 atom stereocenters. The summed E-state index contributed by atoms with van der Waals surface area (Å²) in [6.45, 7) is 2.08. The highest BCUT2D eigenvalue weighted by atomic mass is 16.5. The smallest absolute Gasteiger partial charge is 0.339 e. The number of carbonyl (C=O) groups excluding carboxylic acids is 1. The van der Waals surface area contributed by atoms with E-state index in [1.165, 1.54) is 7.11 Å². The predicted octanol–water partition coefficient (Wildman–Crippen LogP) is 1.78. The largest absolute Gasteiger partial charge is 0.465 e. The minimum atomic E-state index is -0.299. The molecule has 0 aliphatic carbocycles. The van der Waals surface area contributed by atoms with Gasteiger partial charge in [0.15, 0.2) is 0 Å². The molecule has 0 radical (unpaired) electrons. The van der Waals surface area contributed by atoms with E-state index in [0.717, 1.165) is 18.5 Å². The molecule has 1 aromatic rings. The number of methoxy groups -OCH3 is 2. The lowest BCUT2D eigenvalue weighted by Crippen LogP contribution is -2.14. The Bertz CT molecular complexity index is 353. The number of nitrogens with zero attached hydrogens (tertiary/aromatic N) is 1. The van der Waals surface area contributed by atoms with Crippen LogP contribution in [0.1, 0.15) is 29.4 Å². The summed E-state index contributed by atoms with van der Waals surface area (Å²) in [4.78, 5) is 11.3. The molecule has 0 saturated heterocycles. The molecule has 0 aliphatic rings. The Morgan fingerprint density at radius 3 is 2.69 bits per heavy atom. The van der Waals surface area contributed by atoms with Crippen molar-refractivity contribution in [1.29, 1.82) is 0 Å². The van der Waals surface area contributed by atoms with Crippen LogP contribution in [0, 0.1) is 0 Å². The standard InChI is InChI=1S/C12H19NO3/c1-5-11(15-3)7-10-6-9(8-13(10)2)12(14)16-4/h6,8,11H,5,7H2,1-4H3. The molecule has 1 rings (SSSR count). The molecule has 0 saturated carbocycles. The van der Waals surface area contributed by atoms with Crippen molar-refractivity contribution >= 4 is 5.97 Å². The monoisotopic (exact) mass is 225 g/mol. The zero-order chi connectivity index (χ0) is 12.1. The summed E-state index contributed by atoms with van der Waals surface area (Å²) in [6, 6.07) is 1.85. The minimum absolute atomic E-state index is 0.194. The van der Waals surface area contributed by atoms with Crippen molar-refractivity contribution in [2.24, 2.45) is 7.05 Å². The van der Waals surface area contributed by atoms with Gasteiger partial charge < -0.3 is 14.0 Å². The van der Waals surface area contributed by atoms with Gasteiger partial charge in [-0.05, 0) is 12.5 Å². The van der Waals surface area contributed by atoms with E-state index in [4.69, 9.17) is 4.74 Å². The van der Waals surface area contributed by atoms with Crippen LogP contribution in [0.25, 0.3) is 0 Å². The fourth-order valence-corrected chi connectivity index (χ4v) is 1.67. The Balaban J connectivity index is 2.81. The van der Waals surface area contributed by atoms with E-state index in [9.17, 15) is 4.79 Å². The van der Waals surface area contributed by atoms with Gasteiger partial charge >= 0.3 is 5.97 Å². The van der Waals surface area contributed by atoms with E-state index in [1.807, 2.05) is 17.7 Å². The van der Waals surface area contributed by atoms with E-state index >= 15 is 0 Å². The molecule has 0 fully saturated rings. The van der Waals surface area contributed by atoms with Gasteiger partial charge in [-0.2, -0.15) is 0 Å². The number of ether oxygens (including phenoxy) is 2. The second kappa shape index (κ2) is 5.70. The molecule has 0 aliphatic heterocycles. The summed E-state index contributed by atoms with van der Waals surface area (Å²) in [5, 5.41) is 0. The Morgan fingerprint density at radius 2 is 2.19 bits per heavy atom. The van der Waals surface area contributed by atoms with Gasteiger partial charge in [-0.15, -0.1) is 0 Å². The normalized spacial score (nSPS) is 12.5. The number of hydrogen-bond acceptors (Lipinski definition) is 3. The van der Waals surface area contributed by atoms with Gasteiger partial charge in [0.2, 0.25) is 0 Å². The zero-order valence-corrected chi connectivity index (χ0v) is 10.3. The van der Waals surface area contributed by atoms with Gasteiger partial charge in [0.25, 0.3) is 0 Å². The maximum Gasteiger partial charge on any atom is 0.339 e. The first kappa shape index (κ1) is 12.8. The first-order chi connectivity index (χ1) is 7.62.